The van der Waals surface area contributed by atoms with Gasteiger partial charge in [0.1, 0.15) is 11.2 Å². The minimum Gasteiger partial charge on any atom is -0.480 e. The van der Waals surface area contributed by atoms with Crippen LogP contribution in [0.1, 0.15) is 23.3 Å². The second-order valence-electron chi connectivity index (χ2n) is 4.15. The maximum Gasteiger partial charge on any atom is 0.329 e. The molecule has 0 radical (unpaired) electrons. The first-order valence-electron chi connectivity index (χ1n) is 5.18. The molecule has 1 saturated carbocycles. The number of rotatable bonds is 3. The number of pyridine rings is 1. The predicted octanol–water partition coefficient (Wildman–Crippen LogP) is -0.268. The summed E-state index contributed by atoms with van der Waals surface area (Å²) >= 11 is 0. The Balaban J connectivity index is 2.24. The van der Waals surface area contributed by atoms with E-state index in [-0.39, 0.29) is 11.3 Å². The lowest BCUT2D eigenvalue weighted by atomic mass is 10.2. The van der Waals surface area contributed by atoms with Gasteiger partial charge in [-0.3, -0.25) is 9.59 Å². The summed E-state index contributed by atoms with van der Waals surface area (Å²) in [5.74, 6) is -1.57. The van der Waals surface area contributed by atoms with E-state index in [1.165, 1.54) is 29.8 Å². The highest BCUT2D eigenvalue weighted by molar-refractivity contribution is 5.97. The molecule has 0 saturated heterocycles. The zero-order chi connectivity index (χ0) is 12.6. The van der Waals surface area contributed by atoms with Crippen molar-refractivity contribution >= 4 is 11.9 Å². The van der Waals surface area contributed by atoms with Gasteiger partial charge >= 0.3 is 5.97 Å². The van der Waals surface area contributed by atoms with E-state index in [4.69, 9.17) is 5.11 Å². The van der Waals surface area contributed by atoms with Crippen LogP contribution in [0.2, 0.25) is 0 Å². The summed E-state index contributed by atoms with van der Waals surface area (Å²) in [5, 5.41) is 11.4. The lowest BCUT2D eigenvalue weighted by Crippen LogP contribution is -2.44. The van der Waals surface area contributed by atoms with Gasteiger partial charge in [-0.2, -0.15) is 0 Å². The smallest absolute Gasteiger partial charge is 0.329 e. The van der Waals surface area contributed by atoms with Gasteiger partial charge < -0.3 is 15.0 Å². The lowest BCUT2D eigenvalue weighted by molar-refractivity contribution is -0.140. The summed E-state index contributed by atoms with van der Waals surface area (Å²) in [6, 6.07) is 4.28. The first kappa shape index (κ1) is 11.4. The van der Waals surface area contributed by atoms with Crippen LogP contribution < -0.4 is 10.9 Å². The van der Waals surface area contributed by atoms with Gasteiger partial charge in [0.15, 0.2) is 0 Å². The monoisotopic (exact) mass is 236 g/mol. The summed E-state index contributed by atoms with van der Waals surface area (Å²) < 4.78 is 1.19. The average molecular weight is 236 g/mol. The van der Waals surface area contributed by atoms with Crippen molar-refractivity contribution in [2.24, 2.45) is 7.05 Å². The molecule has 0 aromatic carbocycles. The maximum absolute atomic E-state index is 11.8. The minimum absolute atomic E-state index is 0.157. The molecular weight excluding hydrogens is 224 g/mol. The van der Waals surface area contributed by atoms with E-state index in [1.807, 2.05) is 0 Å². The first-order chi connectivity index (χ1) is 7.96. The van der Waals surface area contributed by atoms with Crippen LogP contribution >= 0.6 is 0 Å². The van der Waals surface area contributed by atoms with E-state index in [2.05, 4.69) is 5.32 Å². The van der Waals surface area contributed by atoms with Crippen molar-refractivity contribution < 1.29 is 14.7 Å². The molecule has 6 nitrogen and oxygen atoms in total. The van der Waals surface area contributed by atoms with E-state index in [1.54, 1.807) is 0 Å². The van der Waals surface area contributed by atoms with Crippen LogP contribution in [-0.2, 0) is 11.8 Å². The predicted molar refractivity (Wildman–Crippen MR) is 58.8 cm³/mol. The van der Waals surface area contributed by atoms with Crippen LogP contribution in [0.3, 0.4) is 0 Å². The fourth-order valence-electron chi connectivity index (χ4n) is 1.59. The van der Waals surface area contributed by atoms with Crippen molar-refractivity contribution in [3.8, 4) is 0 Å². The van der Waals surface area contributed by atoms with Crippen LogP contribution in [-0.4, -0.2) is 27.1 Å². The van der Waals surface area contributed by atoms with Gasteiger partial charge in [-0.25, -0.2) is 4.79 Å². The molecule has 90 valence electrons. The third kappa shape index (κ3) is 1.93. The van der Waals surface area contributed by atoms with Crippen molar-refractivity contribution in [3.63, 3.8) is 0 Å². The fourth-order valence-corrected chi connectivity index (χ4v) is 1.59. The highest BCUT2D eigenvalue weighted by atomic mass is 16.4. The molecule has 2 N–H and O–H groups in total. The third-order valence-electron chi connectivity index (χ3n) is 2.93. The van der Waals surface area contributed by atoms with Crippen molar-refractivity contribution in [2.75, 3.05) is 0 Å². The molecule has 0 bridgehead atoms. The van der Waals surface area contributed by atoms with Crippen molar-refractivity contribution in [3.05, 3.63) is 34.2 Å². The second kappa shape index (κ2) is 3.73. The van der Waals surface area contributed by atoms with E-state index in [0.29, 0.717) is 12.8 Å². The summed E-state index contributed by atoms with van der Waals surface area (Å²) in [6.07, 6.45) is 0.851. The number of amides is 1. The number of carbonyl (C=O) groups is 2. The number of carbonyl (C=O) groups excluding carboxylic acids is 1. The molecule has 1 fully saturated rings. The van der Waals surface area contributed by atoms with E-state index < -0.39 is 17.4 Å². The molecule has 17 heavy (non-hydrogen) atoms. The van der Waals surface area contributed by atoms with Crippen molar-refractivity contribution in [1.29, 1.82) is 0 Å². The molecule has 0 unspecified atom stereocenters. The van der Waals surface area contributed by atoms with E-state index in [9.17, 15) is 14.4 Å². The van der Waals surface area contributed by atoms with Crippen LogP contribution in [0, 0.1) is 0 Å². The van der Waals surface area contributed by atoms with Gasteiger partial charge in [0.25, 0.3) is 11.5 Å². The Morgan fingerprint density at radius 2 is 2.06 bits per heavy atom. The lowest BCUT2D eigenvalue weighted by Gasteiger charge is -2.13. The zero-order valence-corrected chi connectivity index (χ0v) is 9.27. The summed E-state index contributed by atoms with van der Waals surface area (Å²) in [7, 11) is 1.47. The molecule has 0 aliphatic heterocycles. The Morgan fingerprint density at radius 3 is 2.59 bits per heavy atom. The fraction of sp³-hybridized carbons (Fsp3) is 0.364. The summed E-state index contributed by atoms with van der Waals surface area (Å²) in [5.41, 5.74) is -1.29. The van der Waals surface area contributed by atoms with Crippen LogP contribution in [0.4, 0.5) is 0 Å². The number of aliphatic carboxylic acids is 1. The van der Waals surface area contributed by atoms with Crippen LogP contribution in [0.5, 0.6) is 0 Å². The number of aromatic nitrogens is 1. The van der Waals surface area contributed by atoms with Crippen LogP contribution in [0.15, 0.2) is 23.0 Å². The average Bonchev–Trinajstić information content (AvgIpc) is 3.03. The zero-order valence-electron chi connectivity index (χ0n) is 9.27. The largest absolute Gasteiger partial charge is 0.480 e. The van der Waals surface area contributed by atoms with Gasteiger partial charge in [0.05, 0.1) is 0 Å². The summed E-state index contributed by atoms with van der Waals surface area (Å²) in [4.78, 5) is 34.1. The van der Waals surface area contributed by atoms with Crippen molar-refractivity contribution in [1.82, 2.24) is 9.88 Å². The van der Waals surface area contributed by atoms with Gasteiger partial charge in [-0.15, -0.1) is 0 Å². The number of carboxylic acid groups (broad SMARTS) is 1. The molecule has 1 amide bonds. The molecule has 1 aliphatic rings. The van der Waals surface area contributed by atoms with Gasteiger partial charge in [-0.05, 0) is 18.9 Å². The molecule has 0 spiro atoms. The highest BCUT2D eigenvalue weighted by Gasteiger charge is 2.51. The number of hydrogen-bond donors (Lipinski definition) is 2. The number of nitrogens with one attached hydrogen (secondary N) is 1. The second-order valence-corrected chi connectivity index (χ2v) is 4.15. The standard InChI is InChI=1S/C11H12N2O4/c1-13-7(3-2-4-8(13)14)9(15)12-11(5-6-11)10(16)17/h2-4H,5-6H2,1H3,(H,12,15)(H,16,17). The minimum atomic E-state index is -1.14. The Kier molecular flexibility index (Phi) is 2.49. The molecule has 1 aromatic rings. The number of carboxylic acids is 1. The summed E-state index contributed by atoms with van der Waals surface area (Å²) in [6.45, 7) is 0. The van der Waals surface area contributed by atoms with Crippen LogP contribution in [0.25, 0.3) is 0 Å². The number of nitrogens with zero attached hydrogens (tertiary/aromatic N) is 1. The topological polar surface area (TPSA) is 88.4 Å². The van der Waals surface area contributed by atoms with Gasteiger partial charge in [0.2, 0.25) is 0 Å². The quantitative estimate of drug-likeness (QED) is 0.756. The highest BCUT2D eigenvalue weighted by Crippen LogP contribution is 2.35. The normalized spacial score (nSPS) is 16.3. The molecule has 1 heterocycles. The Hall–Kier alpha value is -2.11. The molecule has 1 aliphatic carbocycles. The van der Waals surface area contributed by atoms with E-state index in [0.717, 1.165) is 0 Å². The molecule has 6 heteroatoms. The third-order valence-corrected chi connectivity index (χ3v) is 2.93. The Bertz CT molecular complexity index is 543. The van der Waals surface area contributed by atoms with Gasteiger partial charge in [-0.1, -0.05) is 6.07 Å². The first-order valence-corrected chi connectivity index (χ1v) is 5.18. The van der Waals surface area contributed by atoms with Gasteiger partial charge in [0, 0.05) is 13.1 Å². The molecular formula is C11H12N2O4. The van der Waals surface area contributed by atoms with E-state index >= 15 is 0 Å². The maximum atomic E-state index is 11.8. The SMILES string of the molecule is Cn1c(C(=O)NC2(C(=O)O)CC2)cccc1=O. The Labute approximate surface area is 96.9 Å². The molecule has 1 aromatic heterocycles. The molecule has 0 atom stereocenters. The Morgan fingerprint density at radius 1 is 1.41 bits per heavy atom. The molecule has 2 rings (SSSR count). The van der Waals surface area contributed by atoms with Crippen molar-refractivity contribution in [2.45, 2.75) is 18.4 Å². The number of hydrogen-bond acceptors (Lipinski definition) is 3.